The van der Waals surface area contributed by atoms with Gasteiger partial charge in [0.25, 0.3) is 11.8 Å². The van der Waals surface area contributed by atoms with Crippen molar-refractivity contribution >= 4 is 46.6 Å². The number of hydrazine groups is 1. The molecule has 50 heavy (non-hydrogen) atoms. The summed E-state index contributed by atoms with van der Waals surface area (Å²) in [4.78, 5) is 59.5. The van der Waals surface area contributed by atoms with Gasteiger partial charge >= 0.3 is 0 Å². The monoisotopic (exact) mass is 689 g/mol. The summed E-state index contributed by atoms with van der Waals surface area (Å²) in [6.45, 7) is 2.03. The van der Waals surface area contributed by atoms with Crippen LogP contribution in [0.1, 0.15) is 42.4 Å². The van der Waals surface area contributed by atoms with Crippen LogP contribution in [-0.4, -0.2) is 33.7 Å². The van der Waals surface area contributed by atoms with Gasteiger partial charge in [-0.15, -0.1) is 0 Å². The normalized spacial score (nSPS) is 27.2. The highest BCUT2D eigenvalue weighted by Crippen LogP contribution is 2.64. The van der Waals surface area contributed by atoms with Crippen molar-refractivity contribution in [1.82, 2.24) is 5.01 Å². The second-order valence-corrected chi connectivity index (χ2v) is 13.9. The number of hydrogen-bond donors (Lipinski definition) is 2. The van der Waals surface area contributed by atoms with Gasteiger partial charge in [-0.3, -0.25) is 29.5 Å². The summed E-state index contributed by atoms with van der Waals surface area (Å²) in [5.41, 5.74) is 5.44. The van der Waals surface area contributed by atoms with Crippen molar-refractivity contribution in [2.75, 3.05) is 10.3 Å². The number of aryl methyl sites for hydroxylation is 1. The first-order chi connectivity index (χ1) is 24.1. The Kier molecular flexibility index (Phi) is 7.64. The van der Waals surface area contributed by atoms with E-state index in [2.05, 4.69) is 5.43 Å². The molecule has 2 saturated heterocycles. The molecule has 4 aliphatic rings. The number of anilines is 2. The molecule has 6 unspecified atom stereocenters. The average Bonchev–Trinajstić information content (AvgIpc) is 3.50. The lowest BCUT2D eigenvalue weighted by Gasteiger charge is -2.50. The molecule has 0 spiro atoms. The van der Waals surface area contributed by atoms with Crippen LogP contribution < -0.4 is 10.3 Å². The van der Waals surface area contributed by atoms with E-state index in [1.54, 1.807) is 48.5 Å². The van der Waals surface area contributed by atoms with Gasteiger partial charge in [-0.2, -0.15) is 5.01 Å². The number of phenols is 1. The van der Waals surface area contributed by atoms with Crippen molar-refractivity contribution in [2.24, 2.45) is 23.7 Å². The van der Waals surface area contributed by atoms with Crippen molar-refractivity contribution in [1.29, 1.82) is 0 Å². The molecule has 0 aromatic heterocycles. The molecular weight excluding hydrogens is 657 g/mol. The van der Waals surface area contributed by atoms with E-state index in [1.807, 2.05) is 25.1 Å². The van der Waals surface area contributed by atoms with Gasteiger partial charge in [-0.25, -0.2) is 4.39 Å². The molecule has 6 atom stereocenters. The fourth-order valence-corrected chi connectivity index (χ4v) is 8.96. The minimum atomic E-state index is -1.48. The second kappa shape index (κ2) is 11.9. The van der Waals surface area contributed by atoms with E-state index in [9.17, 15) is 23.9 Å². The SMILES string of the molecule is CCc1ccc(N2C(=O)C3CC=C4C(CC5C(=O)N(Nc6ccc(F)cc6)C(=O)C5(c5ccc(Cl)cc5)C4c4ccc(O)cc4)C3C2=O)cc1. The first kappa shape index (κ1) is 32.0. The molecule has 10 heteroatoms. The number of carbonyl (C=O) groups is 4. The summed E-state index contributed by atoms with van der Waals surface area (Å²) in [5, 5.41) is 11.7. The van der Waals surface area contributed by atoms with Crippen molar-refractivity contribution in [3.05, 3.63) is 136 Å². The number of allylic oxidation sites excluding steroid dienone is 2. The maximum atomic E-state index is 15.1. The topological polar surface area (TPSA) is 107 Å². The standard InChI is InChI=1S/C40H33ClFN3O5/c1-2-22-3-15-28(16-4-22)44-36(47)31-20-19-30-32(34(31)38(44)49)21-33-37(48)45(43-27-13-11-26(42)12-14-27)39(50)40(33,24-7-9-25(41)10-8-24)35(30)23-5-17-29(46)18-6-23/h3-19,31-35,43,46H,2,20-21H2,1H3. The first-order valence-electron chi connectivity index (χ1n) is 16.8. The van der Waals surface area contributed by atoms with Crippen molar-refractivity contribution in [3.8, 4) is 5.75 Å². The highest BCUT2D eigenvalue weighted by Gasteiger charge is 2.70. The summed E-state index contributed by atoms with van der Waals surface area (Å²) < 4.78 is 13.8. The van der Waals surface area contributed by atoms with E-state index in [4.69, 9.17) is 11.6 Å². The van der Waals surface area contributed by atoms with Gasteiger partial charge in [0.1, 0.15) is 11.6 Å². The van der Waals surface area contributed by atoms with Crippen LogP contribution in [0.15, 0.2) is 109 Å². The van der Waals surface area contributed by atoms with Crippen LogP contribution in [0.25, 0.3) is 0 Å². The molecule has 8 rings (SSSR count). The summed E-state index contributed by atoms with van der Waals surface area (Å²) in [6, 6.07) is 26.2. The number of amides is 4. The quantitative estimate of drug-likeness (QED) is 0.168. The highest BCUT2D eigenvalue weighted by molar-refractivity contribution is 6.30. The Morgan fingerprint density at radius 3 is 2.18 bits per heavy atom. The molecule has 2 aliphatic heterocycles. The Morgan fingerprint density at radius 1 is 0.840 bits per heavy atom. The van der Waals surface area contributed by atoms with Crippen molar-refractivity contribution in [3.63, 3.8) is 0 Å². The predicted octanol–water partition coefficient (Wildman–Crippen LogP) is 6.94. The fourth-order valence-electron chi connectivity index (χ4n) is 8.83. The summed E-state index contributed by atoms with van der Waals surface area (Å²) >= 11 is 6.34. The zero-order chi connectivity index (χ0) is 34.9. The number of fused-ring (bicyclic) bond motifs is 4. The fraction of sp³-hybridized carbons (Fsp3) is 0.250. The molecule has 3 fully saturated rings. The lowest BCUT2D eigenvalue weighted by molar-refractivity contribution is -0.138. The Balaban J connectivity index is 1.30. The number of nitrogens with zero attached hydrogens (tertiary/aromatic N) is 2. The maximum Gasteiger partial charge on any atom is 0.260 e. The Morgan fingerprint density at radius 2 is 1.52 bits per heavy atom. The number of phenolic OH excluding ortho intramolecular Hbond substituents is 1. The Bertz CT molecular complexity index is 2070. The highest BCUT2D eigenvalue weighted by atomic mass is 35.5. The van der Waals surface area contributed by atoms with Gasteiger partial charge in [0.15, 0.2) is 0 Å². The van der Waals surface area contributed by atoms with Gasteiger partial charge in [0.05, 0.1) is 34.5 Å². The average molecular weight is 690 g/mol. The number of aromatic hydroxyl groups is 1. The van der Waals surface area contributed by atoms with E-state index in [-0.39, 0.29) is 24.0 Å². The molecule has 0 radical (unpaired) electrons. The zero-order valence-electron chi connectivity index (χ0n) is 27.1. The van der Waals surface area contributed by atoms with Crippen LogP contribution in [0.2, 0.25) is 5.02 Å². The van der Waals surface area contributed by atoms with Crippen LogP contribution in [-0.2, 0) is 31.0 Å². The molecule has 2 aliphatic carbocycles. The molecule has 2 heterocycles. The molecule has 4 aromatic rings. The molecule has 0 bridgehead atoms. The minimum absolute atomic E-state index is 0.0330. The van der Waals surface area contributed by atoms with Gasteiger partial charge in [-0.1, -0.05) is 66.6 Å². The third-order valence-corrected chi connectivity index (χ3v) is 11.3. The number of rotatable bonds is 6. The van der Waals surface area contributed by atoms with Crippen molar-refractivity contribution < 1.29 is 28.7 Å². The minimum Gasteiger partial charge on any atom is -0.508 e. The largest absolute Gasteiger partial charge is 0.508 e. The Hall–Kier alpha value is -5.28. The molecule has 252 valence electrons. The summed E-state index contributed by atoms with van der Waals surface area (Å²) in [5.74, 6) is -5.62. The second-order valence-electron chi connectivity index (χ2n) is 13.5. The summed E-state index contributed by atoms with van der Waals surface area (Å²) in [6.07, 6.45) is 3.23. The van der Waals surface area contributed by atoms with Crippen LogP contribution in [0.5, 0.6) is 5.75 Å². The molecular formula is C40H33ClFN3O5. The van der Waals surface area contributed by atoms with Crippen LogP contribution in [0, 0.1) is 29.5 Å². The smallest absolute Gasteiger partial charge is 0.260 e. The van der Waals surface area contributed by atoms with E-state index < -0.39 is 52.6 Å². The van der Waals surface area contributed by atoms with E-state index >= 15 is 4.79 Å². The molecule has 4 aromatic carbocycles. The number of benzene rings is 4. The molecule has 8 nitrogen and oxygen atoms in total. The number of nitrogens with one attached hydrogen (secondary N) is 1. The zero-order valence-corrected chi connectivity index (χ0v) is 27.8. The molecule has 4 amide bonds. The predicted molar refractivity (Wildman–Crippen MR) is 185 cm³/mol. The lowest BCUT2D eigenvalue weighted by atomic mass is 9.49. The van der Waals surface area contributed by atoms with E-state index in [1.165, 1.54) is 41.3 Å². The summed E-state index contributed by atoms with van der Waals surface area (Å²) in [7, 11) is 0. The molecule has 1 saturated carbocycles. The van der Waals surface area contributed by atoms with Gasteiger partial charge in [-0.05, 0) is 103 Å². The van der Waals surface area contributed by atoms with Gasteiger partial charge in [0.2, 0.25) is 11.8 Å². The Labute approximate surface area is 293 Å². The lowest BCUT2D eigenvalue weighted by Crippen LogP contribution is -2.53. The van der Waals surface area contributed by atoms with Crippen molar-refractivity contribution in [2.45, 2.75) is 37.5 Å². The van der Waals surface area contributed by atoms with E-state index in [0.717, 1.165) is 22.6 Å². The number of imide groups is 2. The van der Waals surface area contributed by atoms with Crippen LogP contribution >= 0.6 is 11.6 Å². The van der Waals surface area contributed by atoms with Gasteiger partial charge in [0, 0.05) is 10.9 Å². The number of halogens is 2. The third-order valence-electron chi connectivity index (χ3n) is 11.1. The van der Waals surface area contributed by atoms with Gasteiger partial charge < -0.3 is 5.11 Å². The number of hydrogen-bond acceptors (Lipinski definition) is 6. The third kappa shape index (κ3) is 4.70. The van der Waals surface area contributed by atoms with E-state index in [0.29, 0.717) is 33.9 Å². The molecule has 2 N–H and O–H groups in total. The maximum absolute atomic E-state index is 15.1. The number of carbonyl (C=O) groups excluding carboxylic acids is 4. The van der Waals surface area contributed by atoms with Crippen LogP contribution in [0.4, 0.5) is 15.8 Å². The van der Waals surface area contributed by atoms with Crippen LogP contribution in [0.3, 0.4) is 0 Å². The first-order valence-corrected chi connectivity index (χ1v) is 17.1.